The summed E-state index contributed by atoms with van der Waals surface area (Å²) in [5, 5.41) is 0.284. The fraction of sp³-hybridized carbons (Fsp3) is 0.238. The molecule has 0 bridgehead atoms. The fourth-order valence-electron chi connectivity index (χ4n) is 3.71. The van der Waals surface area contributed by atoms with Crippen molar-refractivity contribution in [3.8, 4) is 11.3 Å². The molecule has 0 atom stereocenters. The number of benzene rings is 2. The monoisotopic (exact) mass is 419 g/mol. The van der Waals surface area contributed by atoms with Crippen molar-refractivity contribution in [3.63, 3.8) is 0 Å². The molecule has 4 rings (SSSR count). The molecule has 0 aliphatic heterocycles. The minimum Gasteiger partial charge on any atom is -0.357 e. The Labute approximate surface area is 169 Å². The van der Waals surface area contributed by atoms with Gasteiger partial charge in [-0.1, -0.05) is 59.1 Å². The average molecular weight is 420 g/mol. The van der Waals surface area contributed by atoms with Crippen molar-refractivity contribution in [1.29, 1.82) is 0 Å². The van der Waals surface area contributed by atoms with Crippen LogP contribution in [-0.2, 0) is 22.7 Å². The maximum atomic E-state index is 13.7. The van der Waals surface area contributed by atoms with E-state index >= 15 is 0 Å². The Hall–Kier alpha value is -1.75. The lowest BCUT2D eigenvalue weighted by Gasteiger charge is -2.15. The third kappa shape index (κ3) is 3.20. The first kappa shape index (κ1) is 18.6. The van der Waals surface area contributed by atoms with Crippen LogP contribution in [0.5, 0.6) is 0 Å². The Morgan fingerprint density at radius 2 is 1.52 bits per heavy atom. The molecule has 6 heteroatoms. The standard InChI is InChI=1S/C21H19Cl2NO2S/c1-13-9-11-14(12-10-13)19-20(15-5-2-3-8-18(15)24-19)27(25,26)21-16(22)6-4-7-17(21)23/h4,6-7,9-12,24H,2-3,5,8H2,1H3. The molecule has 3 nitrogen and oxygen atoms in total. The second-order valence-corrected chi connectivity index (χ2v) is 9.55. The van der Waals surface area contributed by atoms with Gasteiger partial charge >= 0.3 is 0 Å². The lowest BCUT2D eigenvalue weighted by Crippen LogP contribution is -2.09. The molecule has 3 aromatic rings. The maximum Gasteiger partial charge on any atom is 0.211 e. The van der Waals surface area contributed by atoms with Crippen LogP contribution in [0.2, 0.25) is 10.0 Å². The summed E-state index contributed by atoms with van der Waals surface area (Å²) in [7, 11) is -3.88. The van der Waals surface area contributed by atoms with Crippen molar-refractivity contribution < 1.29 is 8.42 Å². The molecule has 1 heterocycles. The highest BCUT2D eigenvalue weighted by Crippen LogP contribution is 2.42. The number of rotatable bonds is 3. The van der Waals surface area contributed by atoms with Crippen LogP contribution < -0.4 is 0 Å². The Kier molecular flexibility index (Phi) is 4.83. The van der Waals surface area contributed by atoms with Crippen LogP contribution in [0.25, 0.3) is 11.3 Å². The quantitative estimate of drug-likeness (QED) is 0.564. The number of hydrogen-bond donors (Lipinski definition) is 1. The normalized spacial score (nSPS) is 14.2. The van der Waals surface area contributed by atoms with Gasteiger partial charge in [0.25, 0.3) is 0 Å². The first-order chi connectivity index (χ1) is 12.9. The number of aromatic amines is 1. The van der Waals surface area contributed by atoms with E-state index < -0.39 is 9.84 Å². The summed E-state index contributed by atoms with van der Waals surface area (Å²) in [6.45, 7) is 2.00. The molecule has 0 fully saturated rings. The van der Waals surface area contributed by atoms with Gasteiger partial charge in [0.05, 0.1) is 15.7 Å². The van der Waals surface area contributed by atoms with E-state index in [2.05, 4.69) is 4.98 Å². The van der Waals surface area contributed by atoms with Crippen LogP contribution >= 0.6 is 23.2 Å². The number of sulfone groups is 1. The van der Waals surface area contributed by atoms with Crippen molar-refractivity contribution in [2.75, 3.05) is 0 Å². The topological polar surface area (TPSA) is 49.9 Å². The molecule has 27 heavy (non-hydrogen) atoms. The highest BCUT2D eigenvalue weighted by atomic mass is 35.5. The van der Waals surface area contributed by atoms with E-state index in [0.29, 0.717) is 10.6 Å². The number of aryl methyl sites for hydroxylation is 2. The van der Waals surface area contributed by atoms with Crippen LogP contribution in [0.3, 0.4) is 0 Å². The Bertz CT molecular complexity index is 1100. The zero-order valence-electron chi connectivity index (χ0n) is 14.9. The molecule has 1 aliphatic carbocycles. The second-order valence-electron chi connectivity index (χ2n) is 6.91. The lowest BCUT2D eigenvalue weighted by atomic mass is 9.98. The molecule has 0 unspecified atom stereocenters. The van der Waals surface area contributed by atoms with Crippen LogP contribution in [0.4, 0.5) is 0 Å². The summed E-state index contributed by atoms with van der Waals surface area (Å²) in [6, 6.07) is 12.6. The van der Waals surface area contributed by atoms with E-state index in [4.69, 9.17) is 23.2 Å². The van der Waals surface area contributed by atoms with Gasteiger partial charge in [-0.2, -0.15) is 0 Å². The average Bonchev–Trinajstić information content (AvgIpc) is 3.02. The van der Waals surface area contributed by atoms with Gasteiger partial charge in [0, 0.05) is 5.69 Å². The predicted molar refractivity (Wildman–Crippen MR) is 110 cm³/mol. The minimum atomic E-state index is -3.88. The molecule has 0 saturated heterocycles. The number of halogens is 2. The summed E-state index contributed by atoms with van der Waals surface area (Å²) >= 11 is 12.5. The smallest absolute Gasteiger partial charge is 0.211 e. The van der Waals surface area contributed by atoms with Crippen molar-refractivity contribution >= 4 is 33.0 Å². The summed E-state index contributed by atoms with van der Waals surface area (Å²) in [6.07, 6.45) is 3.60. The summed E-state index contributed by atoms with van der Waals surface area (Å²) in [5.74, 6) is 0. The number of H-pyrrole nitrogens is 1. The Morgan fingerprint density at radius 3 is 2.19 bits per heavy atom. The zero-order chi connectivity index (χ0) is 19.2. The molecule has 0 saturated carbocycles. The summed E-state index contributed by atoms with van der Waals surface area (Å²) < 4.78 is 27.4. The molecule has 1 N–H and O–H groups in total. The third-order valence-electron chi connectivity index (χ3n) is 5.04. The number of nitrogens with one attached hydrogen (secondary N) is 1. The maximum absolute atomic E-state index is 13.7. The highest BCUT2D eigenvalue weighted by Gasteiger charge is 2.33. The van der Waals surface area contributed by atoms with Gasteiger partial charge in [-0.05, 0) is 55.9 Å². The highest BCUT2D eigenvalue weighted by molar-refractivity contribution is 7.92. The lowest BCUT2D eigenvalue weighted by molar-refractivity contribution is 0.593. The molecular formula is C21H19Cl2NO2S. The molecule has 0 spiro atoms. The zero-order valence-corrected chi connectivity index (χ0v) is 17.2. The van der Waals surface area contributed by atoms with Gasteiger partial charge in [0.2, 0.25) is 9.84 Å². The van der Waals surface area contributed by atoms with E-state index in [-0.39, 0.29) is 14.9 Å². The molecule has 140 valence electrons. The largest absolute Gasteiger partial charge is 0.357 e. The Balaban J connectivity index is 2.02. The predicted octanol–water partition coefficient (Wildman–Crippen LogP) is 6.01. The second kappa shape index (κ2) is 7.01. The van der Waals surface area contributed by atoms with Crippen molar-refractivity contribution in [1.82, 2.24) is 4.98 Å². The van der Waals surface area contributed by atoms with E-state index in [9.17, 15) is 8.42 Å². The van der Waals surface area contributed by atoms with Gasteiger partial charge < -0.3 is 4.98 Å². The van der Waals surface area contributed by atoms with Crippen LogP contribution in [0.1, 0.15) is 29.7 Å². The molecule has 0 amide bonds. The van der Waals surface area contributed by atoms with Crippen LogP contribution in [-0.4, -0.2) is 13.4 Å². The van der Waals surface area contributed by atoms with Gasteiger partial charge in [-0.15, -0.1) is 0 Å². The number of fused-ring (bicyclic) bond motifs is 1. The van der Waals surface area contributed by atoms with Crippen molar-refractivity contribution in [2.45, 2.75) is 42.4 Å². The van der Waals surface area contributed by atoms with Crippen molar-refractivity contribution in [2.24, 2.45) is 0 Å². The third-order valence-corrected chi connectivity index (χ3v) is 7.86. The molecule has 1 aliphatic rings. The fourth-order valence-corrected chi connectivity index (χ4v) is 6.56. The minimum absolute atomic E-state index is 0.0194. The van der Waals surface area contributed by atoms with Crippen LogP contribution in [0.15, 0.2) is 52.3 Å². The summed E-state index contributed by atoms with van der Waals surface area (Å²) in [5.41, 5.74) is 4.45. The van der Waals surface area contributed by atoms with Gasteiger partial charge in [0.15, 0.2) is 0 Å². The van der Waals surface area contributed by atoms with E-state index in [1.54, 1.807) is 18.2 Å². The number of hydrogen-bond acceptors (Lipinski definition) is 2. The van der Waals surface area contributed by atoms with E-state index in [0.717, 1.165) is 48.1 Å². The van der Waals surface area contributed by atoms with E-state index in [1.807, 2.05) is 31.2 Å². The Morgan fingerprint density at radius 1 is 0.889 bits per heavy atom. The molecule has 2 aromatic carbocycles. The number of aromatic nitrogens is 1. The van der Waals surface area contributed by atoms with Crippen molar-refractivity contribution in [3.05, 3.63) is 69.3 Å². The first-order valence-corrected chi connectivity index (χ1v) is 11.1. The molecule has 1 aromatic heterocycles. The molecular weight excluding hydrogens is 401 g/mol. The van der Waals surface area contributed by atoms with E-state index in [1.165, 1.54) is 0 Å². The van der Waals surface area contributed by atoms with Gasteiger partial charge in [0.1, 0.15) is 9.79 Å². The van der Waals surface area contributed by atoms with Gasteiger partial charge in [-0.25, -0.2) is 8.42 Å². The first-order valence-electron chi connectivity index (χ1n) is 8.89. The SMILES string of the molecule is Cc1ccc(-c2[nH]c3c(c2S(=O)(=O)c2c(Cl)cccc2Cl)CCCC3)cc1. The van der Waals surface area contributed by atoms with Crippen LogP contribution in [0, 0.1) is 6.92 Å². The van der Waals surface area contributed by atoms with Gasteiger partial charge in [-0.3, -0.25) is 0 Å². The molecule has 0 radical (unpaired) electrons. The summed E-state index contributed by atoms with van der Waals surface area (Å²) in [4.78, 5) is 3.68.